The third-order valence-corrected chi connectivity index (χ3v) is 9.58. The molecule has 0 aliphatic carbocycles. The Labute approximate surface area is 163 Å². The SMILES string of the molecule is CC(C)(C)[Si](C)(C)OCc1ccc(Nc2nc(Br)ccc2[N+](=O)[O-])cc1. The van der Waals surface area contributed by atoms with Crippen molar-refractivity contribution < 1.29 is 9.35 Å². The van der Waals surface area contributed by atoms with Crippen LogP contribution in [-0.2, 0) is 11.0 Å². The molecule has 1 aromatic heterocycles. The largest absolute Gasteiger partial charge is 0.413 e. The number of nitro groups is 1. The van der Waals surface area contributed by atoms with Gasteiger partial charge in [-0.15, -0.1) is 0 Å². The van der Waals surface area contributed by atoms with Gasteiger partial charge in [0.2, 0.25) is 5.82 Å². The standard InChI is InChI=1S/C18H24BrN3O3Si/c1-18(2,3)26(4,5)25-12-13-6-8-14(9-7-13)20-17-15(22(23)24)10-11-16(19)21-17/h6-11H,12H2,1-5H3,(H,20,21). The Morgan fingerprint density at radius 3 is 2.35 bits per heavy atom. The maximum atomic E-state index is 11.1. The summed E-state index contributed by atoms with van der Waals surface area (Å²) in [6.07, 6.45) is 0. The third kappa shape index (κ3) is 5.12. The first-order valence-electron chi connectivity index (χ1n) is 8.30. The summed E-state index contributed by atoms with van der Waals surface area (Å²) in [5.41, 5.74) is 1.73. The number of pyridine rings is 1. The molecule has 1 aromatic carbocycles. The maximum Gasteiger partial charge on any atom is 0.311 e. The summed E-state index contributed by atoms with van der Waals surface area (Å²) < 4.78 is 6.75. The molecular weight excluding hydrogens is 414 g/mol. The normalized spacial score (nSPS) is 12.1. The van der Waals surface area contributed by atoms with Gasteiger partial charge < -0.3 is 9.74 Å². The minimum Gasteiger partial charge on any atom is -0.413 e. The molecule has 26 heavy (non-hydrogen) atoms. The number of halogens is 1. The first kappa shape index (κ1) is 20.5. The molecule has 140 valence electrons. The Balaban J connectivity index is 2.09. The van der Waals surface area contributed by atoms with Gasteiger partial charge in [0.25, 0.3) is 0 Å². The zero-order chi connectivity index (χ0) is 19.5. The van der Waals surface area contributed by atoms with Gasteiger partial charge in [0.1, 0.15) is 4.60 Å². The van der Waals surface area contributed by atoms with Gasteiger partial charge in [-0.25, -0.2) is 4.98 Å². The van der Waals surface area contributed by atoms with E-state index in [0.717, 1.165) is 11.3 Å². The van der Waals surface area contributed by atoms with E-state index in [-0.39, 0.29) is 16.5 Å². The summed E-state index contributed by atoms with van der Waals surface area (Å²) >= 11 is 3.24. The number of benzene rings is 1. The fraction of sp³-hybridized carbons (Fsp3) is 0.389. The van der Waals surface area contributed by atoms with Gasteiger partial charge in [0, 0.05) is 11.8 Å². The first-order valence-corrected chi connectivity index (χ1v) is 12.0. The van der Waals surface area contributed by atoms with Crippen LogP contribution in [0.1, 0.15) is 26.3 Å². The van der Waals surface area contributed by atoms with Crippen molar-refractivity contribution in [1.82, 2.24) is 4.98 Å². The summed E-state index contributed by atoms with van der Waals surface area (Å²) in [7, 11) is -1.79. The Morgan fingerprint density at radius 1 is 1.19 bits per heavy atom. The zero-order valence-electron chi connectivity index (χ0n) is 15.7. The van der Waals surface area contributed by atoms with Crippen molar-refractivity contribution in [2.24, 2.45) is 0 Å². The predicted octanol–water partition coefficient (Wildman–Crippen LogP) is 6.02. The molecule has 2 rings (SSSR count). The van der Waals surface area contributed by atoms with E-state index >= 15 is 0 Å². The van der Waals surface area contributed by atoms with Crippen LogP contribution in [0.4, 0.5) is 17.2 Å². The second-order valence-electron chi connectivity index (χ2n) is 7.63. The molecule has 0 aliphatic heterocycles. The topological polar surface area (TPSA) is 77.3 Å². The van der Waals surface area contributed by atoms with Gasteiger partial charge in [0.15, 0.2) is 8.32 Å². The summed E-state index contributed by atoms with van der Waals surface area (Å²) in [6.45, 7) is 11.6. The highest BCUT2D eigenvalue weighted by atomic mass is 79.9. The maximum absolute atomic E-state index is 11.1. The van der Waals surface area contributed by atoms with E-state index < -0.39 is 13.2 Å². The van der Waals surface area contributed by atoms with Crippen molar-refractivity contribution >= 4 is 41.4 Å². The molecule has 0 saturated heterocycles. The van der Waals surface area contributed by atoms with E-state index in [0.29, 0.717) is 11.2 Å². The number of aromatic nitrogens is 1. The average Bonchev–Trinajstić information content (AvgIpc) is 2.53. The summed E-state index contributed by atoms with van der Waals surface area (Å²) in [5, 5.41) is 14.3. The number of hydrogen-bond donors (Lipinski definition) is 1. The molecule has 0 spiro atoms. The van der Waals surface area contributed by atoms with E-state index in [1.807, 2.05) is 24.3 Å². The molecule has 0 fully saturated rings. The van der Waals surface area contributed by atoms with Crippen molar-refractivity contribution in [1.29, 1.82) is 0 Å². The van der Waals surface area contributed by atoms with Gasteiger partial charge in [0.05, 0.1) is 11.5 Å². The van der Waals surface area contributed by atoms with Crippen molar-refractivity contribution in [3.05, 3.63) is 56.7 Å². The molecule has 0 unspecified atom stereocenters. The molecule has 0 radical (unpaired) electrons. The lowest BCUT2D eigenvalue weighted by atomic mass is 10.2. The minimum atomic E-state index is -1.79. The van der Waals surface area contributed by atoms with Crippen LogP contribution < -0.4 is 5.32 Å². The summed E-state index contributed by atoms with van der Waals surface area (Å²) in [6, 6.07) is 10.6. The fourth-order valence-corrected chi connectivity index (χ4v) is 3.24. The van der Waals surface area contributed by atoms with Crippen LogP contribution in [0.3, 0.4) is 0 Å². The molecule has 6 nitrogen and oxygen atoms in total. The summed E-state index contributed by atoms with van der Waals surface area (Å²) in [5.74, 6) is 0.203. The molecule has 0 bridgehead atoms. The predicted molar refractivity (Wildman–Crippen MR) is 110 cm³/mol. The Kier molecular flexibility index (Phi) is 6.20. The number of anilines is 2. The van der Waals surface area contributed by atoms with Crippen LogP contribution in [0.15, 0.2) is 41.0 Å². The number of hydrogen-bond acceptors (Lipinski definition) is 5. The molecule has 0 saturated carbocycles. The van der Waals surface area contributed by atoms with E-state index in [2.05, 4.69) is 60.1 Å². The lowest BCUT2D eigenvalue weighted by molar-refractivity contribution is -0.384. The van der Waals surface area contributed by atoms with Crippen LogP contribution in [0, 0.1) is 10.1 Å². The van der Waals surface area contributed by atoms with Crippen molar-refractivity contribution in [2.45, 2.75) is 45.5 Å². The molecule has 0 atom stereocenters. The lowest BCUT2D eigenvalue weighted by Crippen LogP contribution is -2.40. The highest BCUT2D eigenvalue weighted by Crippen LogP contribution is 2.37. The van der Waals surface area contributed by atoms with Crippen LogP contribution in [0.2, 0.25) is 18.1 Å². The van der Waals surface area contributed by atoms with E-state index in [1.165, 1.54) is 6.07 Å². The van der Waals surface area contributed by atoms with Gasteiger partial charge in [-0.05, 0) is 57.8 Å². The quantitative estimate of drug-likeness (QED) is 0.258. The number of nitrogens with one attached hydrogen (secondary N) is 1. The molecule has 0 amide bonds. The fourth-order valence-electron chi connectivity index (χ4n) is 1.97. The van der Waals surface area contributed by atoms with Gasteiger partial charge >= 0.3 is 5.69 Å². The van der Waals surface area contributed by atoms with Crippen LogP contribution in [-0.4, -0.2) is 18.2 Å². The third-order valence-electron chi connectivity index (χ3n) is 4.66. The monoisotopic (exact) mass is 437 g/mol. The molecule has 1 heterocycles. The van der Waals surface area contributed by atoms with Gasteiger partial charge in [-0.2, -0.15) is 0 Å². The van der Waals surface area contributed by atoms with Crippen molar-refractivity contribution in [3.8, 4) is 0 Å². The highest BCUT2D eigenvalue weighted by Gasteiger charge is 2.36. The number of nitrogens with zero attached hydrogens (tertiary/aromatic N) is 2. The van der Waals surface area contributed by atoms with Crippen LogP contribution >= 0.6 is 15.9 Å². The van der Waals surface area contributed by atoms with Crippen molar-refractivity contribution in [2.75, 3.05) is 5.32 Å². The molecule has 8 heteroatoms. The van der Waals surface area contributed by atoms with Gasteiger partial charge in [-0.3, -0.25) is 10.1 Å². The lowest BCUT2D eigenvalue weighted by Gasteiger charge is -2.36. The average molecular weight is 438 g/mol. The Hall–Kier alpha value is -1.77. The second kappa shape index (κ2) is 7.85. The molecule has 2 aromatic rings. The van der Waals surface area contributed by atoms with E-state index in [9.17, 15) is 10.1 Å². The van der Waals surface area contributed by atoms with E-state index in [4.69, 9.17) is 4.43 Å². The first-order chi connectivity index (χ1) is 12.0. The summed E-state index contributed by atoms with van der Waals surface area (Å²) in [4.78, 5) is 14.8. The highest BCUT2D eigenvalue weighted by molar-refractivity contribution is 9.10. The smallest absolute Gasteiger partial charge is 0.311 e. The minimum absolute atomic E-state index is 0.0708. The van der Waals surface area contributed by atoms with E-state index in [1.54, 1.807) is 6.07 Å². The number of rotatable bonds is 6. The Morgan fingerprint density at radius 2 is 1.81 bits per heavy atom. The van der Waals surface area contributed by atoms with Crippen LogP contribution in [0.5, 0.6) is 0 Å². The Bertz CT molecular complexity index is 789. The second-order valence-corrected chi connectivity index (χ2v) is 13.3. The van der Waals surface area contributed by atoms with Gasteiger partial charge in [-0.1, -0.05) is 32.9 Å². The molecule has 1 N–H and O–H groups in total. The zero-order valence-corrected chi connectivity index (χ0v) is 18.3. The molecular formula is C18H24BrN3O3Si. The van der Waals surface area contributed by atoms with Crippen molar-refractivity contribution in [3.63, 3.8) is 0 Å². The molecule has 0 aliphatic rings. The van der Waals surface area contributed by atoms with Crippen LogP contribution in [0.25, 0.3) is 0 Å².